The molecule has 52 heavy (non-hydrogen) atoms. The van der Waals surface area contributed by atoms with Crippen LogP contribution in [0.4, 0.5) is 11.4 Å². The molecule has 0 aliphatic carbocycles. The van der Waals surface area contributed by atoms with E-state index >= 15 is 0 Å². The van der Waals surface area contributed by atoms with Gasteiger partial charge in [-0.1, -0.05) is 0 Å². The van der Waals surface area contributed by atoms with E-state index in [-0.39, 0.29) is 93.3 Å². The van der Waals surface area contributed by atoms with Crippen LogP contribution in [0.5, 0.6) is 0 Å². The van der Waals surface area contributed by atoms with Gasteiger partial charge in [-0.05, 0) is 136 Å². The van der Waals surface area contributed by atoms with E-state index in [1.54, 1.807) is 0 Å². The lowest BCUT2D eigenvalue weighted by molar-refractivity contribution is -0.118. The molecule has 4 amide bonds. The second-order valence-electron chi connectivity index (χ2n) is 9.95. The van der Waals surface area contributed by atoms with Crippen LogP contribution in [-0.4, -0.2) is 113 Å². The number of anilines is 2. The number of halogens is 6. The zero-order valence-corrected chi connectivity index (χ0v) is 40.3. The van der Waals surface area contributed by atoms with Crippen molar-refractivity contribution in [2.45, 2.75) is 12.8 Å². The SMILES string of the molecule is CNC(=O)c1c(I)c(NC(=O)CCOCCOCCOCCOCCC(=O)Nc2c(I)c(C(=O)O)c(I)c(C(=O)NC)c2I)c(I)c(C(=O)O)c1I. The Morgan fingerprint density at radius 3 is 1.00 bits per heavy atom. The van der Waals surface area contributed by atoms with Crippen LogP contribution < -0.4 is 21.3 Å². The number of carbonyl (C=O) groups excluding carboxylic acids is 4. The molecule has 0 heterocycles. The fraction of sp³-hybridized carbons (Fsp3) is 0.400. The number of amides is 4. The highest BCUT2D eigenvalue weighted by molar-refractivity contribution is 14.1. The first-order chi connectivity index (χ1) is 24.6. The van der Waals surface area contributed by atoms with E-state index in [0.29, 0.717) is 27.5 Å². The van der Waals surface area contributed by atoms with E-state index in [9.17, 15) is 39.0 Å². The molecule has 0 aliphatic heterocycles. The predicted octanol–water partition coefficient (Wildman–Crippen LogP) is 4.85. The van der Waals surface area contributed by atoms with Crippen LogP contribution >= 0.6 is 136 Å². The number of benzene rings is 2. The maximum absolute atomic E-state index is 12.6. The summed E-state index contributed by atoms with van der Waals surface area (Å²) in [4.78, 5) is 73.8. The average molecular weight is 1400 g/mol. The van der Waals surface area contributed by atoms with Gasteiger partial charge in [0.1, 0.15) is 0 Å². The molecule has 6 N–H and O–H groups in total. The third-order valence-corrected chi connectivity index (χ3v) is 13.0. The van der Waals surface area contributed by atoms with Crippen molar-refractivity contribution in [3.05, 3.63) is 43.7 Å². The quantitative estimate of drug-likeness (QED) is 0.0729. The number of nitrogens with one attached hydrogen (secondary N) is 4. The fourth-order valence-corrected chi connectivity index (χ4v) is 12.8. The zero-order valence-electron chi connectivity index (χ0n) is 27.3. The highest BCUT2D eigenvalue weighted by atomic mass is 127. The van der Waals surface area contributed by atoms with Gasteiger partial charge in [-0.2, -0.15) is 0 Å². The summed E-state index contributed by atoms with van der Waals surface area (Å²) in [6.45, 7) is 1.75. The van der Waals surface area contributed by atoms with Crippen LogP contribution in [0, 0.1) is 21.4 Å². The van der Waals surface area contributed by atoms with E-state index in [4.69, 9.17) is 18.9 Å². The van der Waals surface area contributed by atoms with Crippen LogP contribution in [0.25, 0.3) is 0 Å². The summed E-state index contributed by atoms with van der Waals surface area (Å²) in [6, 6.07) is 0. The summed E-state index contributed by atoms with van der Waals surface area (Å²) in [5.74, 6) is -4.17. The van der Waals surface area contributed by atoms with Gasteiger partial charge in [0.15, 0.2) is 0 Å². The van der Waals surface area contributed by atoms with Gasteiger partial charge in [0.25, 0.3) is 11.8 Å². The minimum atomic E-state index is -1.21. The van der Waals surface area contributed by atoms with Crippen LogP contribution in [0.1, 0.15) is 54.3 Å². The summed E-state index contributed by atoms with van der Waals surface area (Å²) in [7, 11) is 2.88. The molecule has 286 valence electrons. The highest BCUT2D eigenvalue weighted by Crippen LogP contribution is 2.37. The molecule has 2 rings (SSSR count). The number of carboxylic acids is 2. The molecule has 0 aliphatic rings. The molecule has 0 fully saturated rings. The van der Waals surface area contributed by atoms with Gasteiger partial charge < -0.3 is 50.4 Å². The lowest BCUT2D eigenvalue weighted by Gasteiger charge is -2.17. The Labute approximate surface area is 380 Å². The topological polar surface area (TPSA) is 228 Å². The Bertz CT molecular complexity index is 1570. The number of aromatic carboxylic acids is 2. The summed E-state index contributed by atoms with van der Waals surface area (Å²) in [5, 5.41) is 29.8. The van der Waals surface area contributed by atoms with Crippen LogP contribution in [0.2, 0.25) is 0 Å². The van der Waals surface area contributed by atoms with Crippen molar-refractivity contribution < 1.29 is 57.9 Å². The molecule has 0 saturated carbocycles. The molecule has 0 atom stereocenters. The molecule has 0 bridgehead atoms. The van der Waals surface area contributed by atoms with Crippen molar-refractivity contribution in [3.63, 3.8) is 0 Å². The molecule has 0 unspecified atom stereocenters. The Morgan fingerprint density at radius 2 is 0.731 bits per heavy atom. The van der Waals surface area contributed by atoms with Crippen molar-refractivity contribution in [1.29, 1.82) is 0 Å². The molecule has 0 aromatic heterocycles. The second-order valence-corrected chi connectivity index (χ2v) is 16.4. The van der Waals surface area contributed by atoms with Gasteiger partial charge in [-0.3, -0.25) is 19.2 Å². The third-order valence-electron chi connectivity index (χ3n) is 6.56. The van der Waals surface area contributed by atoms with E-state index < -0.39 is 35.6 Å². The van der Waals surface area contributed by atoms with Crippen molar-refractivity contribution >= 4 is 182 Å². The third kappa shape index (κ3) is 13.6. The molecule has 2 aromatic carbocycles. The van der Waals surface area contributed by atoms with Gasteiger partial charge in [-0.25, -0.2) is 9.59 Å². The number of hydrogen-bond donors (Lipinski definition) is 6. The Kier molecular flexibility index (Phi) is 22.2. The number of rotatable bonds is 21. The maximum Gasteiger partial charge on any atom is 0.337 e. The molecule has 0 radical (unpaired) electrons. The van der Waals surface area contributed by atoms with Crippen LogP contribution in [0.3, 0.4) is 0 Å². The Balaban J connectivity index is 1.64. The smallest absolute Gasteiger partial charge is 0.337 e. The van der Waals surface area contributed by atoms with Crippen molar-refractivity contribution in [2.24, 2.45) is 0 Å². The van der Waals surface area contributed by atoms with Crippen molar-refractivity contribution in [2.75, 3.05) is 77.6 Å². The minimum absolute atomic E-state index is 0.00478. The minimum Gasteiger partial charge on any atom is -0.478 e. The Hall–Kier alpha value is -0.520. The molecule has 22 heteroatoms. The standard InChI is InChI=1S/C30H32I6N4O12/c1-37-27(43)15-19(31)17(29(45)46)23(35)25(21(15)33)39-13(41)3-5-49-7-9-51-11-12-52-10-8-50-6-4-14(42)40-26-22(34)16(28(44)38-2)20(32)18(24(26)36)30(47)48/h3-12H2,1-2H3,(H,37,43)(H,38,44)(H,39,41)(H,40,42)(H,45,46)(H,47,48). The highest BCUT2D eigenvalue weighted by Gasteiger charge is 2.29. The molecule has 16 nitrogen and oxygen atoms in total. The largest absolute Gasteiger partial charge is 0.478 e. The first-order valence-corrected chi connectivity index (χ1v) is 21.3. The van der Waals surface area contributed by atoms with Gasteiger partial charge >= 0.3 is 11.9 Å². The maximum atomic E-state index is 12.6. The first-order valence-electron chi connectivity index (χ1n) is 14.8. The summed E-state index contributed by atoms with van der Waals surface area (Å²) >= 11 is 11.1. The fourth-order valence-electron chi connectivity index (χ4n) is 4.07. The second kappa shape index (κ2) is 24.2. The molecular formula is C30H32I6N4O12. The molecule has 2 aromatic rings. The Morgan fingerprint density at radius 1 is 0.462 bits per heavy atom. The van der Waals surface area contributed by atoms with Gasteiger partial charge in [0.2, 0.25) is 11.8 Å². The number of carboxylic acid groups (broad SMARTS) is 2. The monoisotopic (exact) mass is 1400 g/mol. The normalized spacial score (nSPS) is 10.8. The summed E-state index contributed by atoms with van der Waals surface area (Å²) < 4.78 is 23.9. The van der Waals surface area contributed by atoms with Gasteiger partial charge in [-0.15, -0.1) is 0 Å². The molecule has 0 saturated heterocycles. The number of carbonyl (C=O) groups is 6. The number of ether oxygens (including phenoxy) is 4. The van der Waals surface area contributed by atoms with E-state index in [1.807, 2.05) is 136 Å². The van der Waals surface area contributed by atoms with E-state index in [2.05, 4.69) is 21.3 Å². The summed E-state index contributed by atoms with van der Waals surface area (Å²) in [6.07, 6.45) is -0.00955. The van der Waals surface area contributed by atoms with Crippen molar-refractivity contribution in [1.82, 2.24) is 10.6 Å². The average Bonchev–Trinajstić information content (AvgIpc) is 3.08. The lowest BCUT2D eigenvalue weighted by atomic mass is 10.1. The van der Waals surface area contributed by atoms with Crippen LogP contribution in [0.15, 0.2) is 0 Å². The van der Waals surface area contributed by atoms with Gasteiger partial charge in [0.05, 0.1) is 114 Å². The first kappa shape index (κ1) is 47.6. The van der Waals surface area contributed by atoms with Crippen LogP contribution in [-0.2, 0) is 28.5 Å². The van der Waals surface area contributed by atoms with E-state index in [1.165, 1.54) is 14.1 Å². The zero-order chi connectivity index (χ0) is 39.1. The molecular weight excluding hydrogens is 1370 g/mol. The molecule has 0 spiro atoms. The number of hydrogen-bond acceptors (Lipinski definition) is 10. The predicted molar refractivity (Wildman–Crippen MR) is 240 cm³/mol. The van der Waals surface area contributed by atoms with E-state index in [0.717, 1.165) is 0 Å². The van der Waals surface area contributed by atoms with Gasteiger partial charge in [0, 0.05) is 21.2 Å². The lowest BCUT2D eigenvalue weighted by Crippen LogP contribution is -2.25. The summed E-state index contributed by atoms with van der Waals surface area (Å²) in [5.41, 5.74) is 0.713. The van der Waals surface area contributed by atoms with Crippen molar-refractivity contribution in [3.8, 4) is 0 Å².